The van der Waals surface area contributed by atoms with Gasteiger partial charge in [-0.2, -0.15) is 5.10 Å². The number of hydrazone groups is 1. The summed E-state index contributed by atoms with van der Waals surface area (Å²) in [6, 6.07) is 26.6. The lowest BCUT2D eigenvalue weighted by molar-refractivity contribution is -0.120. The second-order valence-electron chi connectivity index (χ2n) is 8.40. The van der Waals surface area contributed by atoms with Gasteiger partial charge in [-0.15, -0.1) is 0 Å². The fourth-order valence-electron chi connectivity index (χ4n) is 4.33. The Morgan fingerprint density at radius 2 is 1.54 bits per heavy atom. The molecule has 7 nitrogen and oxygen atoms in total. The van der Waals surface area contributed by atoms with Gasteiger partial charge in [0.05, 0.1) is 17.7 Å². The molecule has 0 radical (unpaired) electrons. The van der Waals surface area contributed by atoms with E-state index in [1.54, 1.807) is 0 Å². The summed E-state index contributed by atoms with van der Waals surface area (Å²) in [6.45, 7) is 3.78. The topological polar surface area (TPSA) is 95.0 Å². The second kappa shape index (κ2) is 9.30. The Morgan fingerprint density at radius 1 is 0.886 bits per heavy atom. The van der Waals surface area contributed by atoms with Gasteiger partial charge in [-0.3, -0.25) is 14.7 Å². The van der Waals surface area contributed by atoms with E-state index >= 15 is 0 Å². The molecule has 2 heterocycles. The van der Waals surface area contributed by atoms with Gasteiger partial charge in [0.15, 0.2) is 0 Å². The molecular formula is C28H25N5O2. The average Bonchev–Trinajstić information content (AvgIpc) is 3.36. The lowest BCUT2D eigenvalue weighted by Crippen LogP contribution is -2.26. The molecule has 5 aromatic rings. The van der Waals surface area contributed by atoms with Crippen LogP contribution in [-0.2, 0) is 11.2 Å². The van der Waals surface area contributed by atoms with E-state index in [9.17, 15) is 9.59 Å². The summed E-state index contributed by atoms with van der Waals surface area (Å²) < 4.78 is 1.49. The first-order valence-electron chi connectivity index (χ1n) is 11.4. The van der Waals surface area contributed by atoms with Crippen LogP contribution in [0.1, 0.15) is 28.1 Å². The molecule has 0 fully saturated rings. The zero-order valence-corrected chi connectivity index (χ0v) is 19.5. The summed E-state index contributed by atoms with van der Waals surface area (Å²) in [5.41, 5.74) is 8.23. The van der Waals surface area contributed by atoms with Crippen LogP contribution in [0.15, 0.2) is 94.8 Å². The average molecular weight is 464 g/mol. The number of amides is 1. The highest BCUT2D eigenvalue weighted by molar-refractivity contribution is 6.13. The number of H-pyrrole nitrogens is 2. The van der Waals surface area contributed by atoms with Crippen molar-refractivity contribution < 1.29 is 4.79 Å². The highest BCUT2D eigenvalue weighted by Gasteiger charge is 2.20. The smallest absolute Gasteiger partial charge is 0.281 e. The molecule has 5 rings (SSSR count). The summed E-state index contributed by atoms with van der Waals surface area (Å²) in [6.07, 6.45) is 0.168. The zero-order chi connectivity index (χ0) is 24.4. The van der Waals surface area contributed by atoms with Gasteiger partial charge in [0, 0.05) is 27.9 Å². The van der Waals surface area contributed by atoms with Crippen LogP contribution in [0.25, 0.3) is 16.6 Å². The van der Waals surface area contributed by atoms with Crippen LogP contribution in [0.3, 0.4) is 0 Å². The highest BCUT2D eigenvalue weighted by Crippen LogP contribution is 2.22. The number of benzene rings is 3. The molecule has 0 saturated carbocycles. The monoisotopic (exact) mass is 463 g/mol. The first-order valence-corrected chi connectivity index (χ1v) is 11.4. The van der Waals surface area contributed by atoms with Crippen molar-refractivity contribution in [1.29, 1.82) is 0 Å². The third kappa shape index (κ3) is 4.31. The molecule has 0 spiro atoms. The number of carbonyl (C=O) groups excluding carboxylic acids is 1. The van der Waals surface area contributed by atoms with Crippen LogP contribution in [0.4, 0.5) is 0 Å². The molecule has 0 bridgehead atoms. The van der Waals surface area contributed by atoms with Gasteiger partial charge < -0.3 is 4.98 Å². The quantitative estimate of drug-likeness (QED) is 0.258. The number of hydrogen-bond acceptors (Lipinski definition) is 3. The van der Waals surface area contributed by atoms with Crippen molar-refractivity contribution in [2.24, 2.45) is 5.10 Å². The second-order valence-corrected chi connectivity index (χ2v) is 8.40. The van der Waals surface area contributed by atoms with Crippen LogP contribution >= 0.6 is 0 Å². The summed E-state index contributed by atoms with van der Waals surface area (Å²) in [4.78, 5) is 29.7. The molecule has 174 valence electrons. The molecule has 1 amide bonds. The van der Waals surface area contributed by atoms with Crippen LogP contribution in [0.2, 0.25) is 0 Å². The van der Waals surface area contributed by atoms with Gasteiger partial charge in [-0.1, -0.05) is 66.7 Å². The number of fused-ring (bicyclic) bond motifs is 1. The van der Waals surface area contributed by atoms with E-state index in [2.05, 4.69) is 20.6 Å². The molecule has 0 saturated heterocycles. The molecule has 0 aliphatic carbocycles. The minimum Gasteiger partial charge on any atom is -0.358 e. The highest BCUT2D eigenvalue weighted by atomic mass is 16.2. The van der Waals surface area contributed by atoms with Crippen LogP contribution in [-0.4, -0.2) is 26.4 Å². The molecule has 35 heavy (non-hydrogen) atoms. The Kier molecular flexibility index (Phi) is 5.89. The molecule has 3 N–H and O–H groups in total. The van der Waals surface area contributed by atoms with Gasteiger partial charge in [-0.05, 0) is 37.6 Å². The maximum absolute atomic E-state index is 13.4. The molecule has 2 aromatic heterocycles. The first kappa shape index (κ1) is 22.2. The Morgan fingerprint density at radius 3 is 2.29 bits per heavy atom. The van der Waals surface area contributed by atoms with Crippen molar-refractivity contribution >= 4 is 22.5 Å². The van der Waals surface area contributed by atoms with Crippen LogP contribution in [0.5, 0.6) is 0 Å². The van der Waals surface area contributed by atoms with Gasteiger partial charge in [0.1, 0.15) is 5.71 Å². The first-order chi connectivity index (χ1) is 17.0. The number of nitrogens with one attached hydrogen (secondary N) is 3. The Labute approximate surface area is 202 Å². The molecule has 0 atom stereocenters. The van der Waals surface area contributed by atoms with E-state index in [4.69, 9.17) is 0 Å². The fourth-order valence-corrected chi connectivity index (χ4v) is 4.33. The van der Waals surface area contributed by atoms with Crippen LogP contribution in [0, 0.1) is 13.8 Å². The van der Waals surface area contributed by atoms with Crippen molar-refractivity contribution in [3.8, 4) is 5.69 Å². The largest absolute Gasteiger partial charge is 0.358 e. The number of aromatic nitrogens is 3. The van der Waals surface area contributed by atoms with E-state index in [0.29, 0.717) is 17.0 Å². The number of carbonyl (C=O) groups is 1. The molecule has 3 aromatic carbocycles. The summed E-state index contributed by atoms with van der Waals surface area (Å²) in [7, 11) is 0. The Hall–Kier alpha value is -4.65. The van der Waals surface area contributed by atoms with Crippen molar-refractivity contribution in [3.05, 3.63) is 123 Å². The van der Waals surface area contributed by atoms with Crippen molar-refractivity contribution in [2.45, 2.75) is 20.3 Å². The Bertz CT molecular complexity index is 1590. The van der Waals surface area contributed by atoms with Crippen molar-refractivity contribution in [3.63, 3.8) is 0 Å². The number of para-hydroxylation sites is 2. The van der Waals surface area contributed by atoms with Gasteiger partial charge in [0.2, 0.25) is 5.91 Å². The summed E-state index contributed by atoms with van der Waals surface area (Å²) in [5.74, 6) is -0.261. The standard InChI is InChI=1S/C28H25N5O2/c1-18-23(22-15-9-10-16-24(22)29-18)17-25(34)30-31-27(20-11-5-3-6-12-20)26-19(2)32-33(28(26)35)21-13-7-4-8-14-21/h3-16,29,32H,17H2,1-2H3,(H,30,34)/b31-27+. The van der Waals surface area contributed by atoms with Gasteiger partial charge in [-0.25, -0.2) is 10.1 Å². The predicted molar refractivity (Wildman–Crippen MR) is 138 cm³/mol. The SMILES string of the molecule is Cc1[nH]n(-c2ccccc2)c(=O)c1/C(=N/NC(=O)Cc1c(C)[nH]c2ccccc12)c1ccccc1. The third-order valence-electron chi connectivity index (χ3n) is 6.03. The summed E-state index contributed by atoms with van der Waals surface area (Å²) in [5, 5.41) is 8.61. The molecule has 0 unspecified atom stereocenters. The normalized spacial score (nSPS) is 11.7. The lowest BCUT2D eigenvalue weighted by Gasteiger charge is -2.07. The molecule has 0 aliphatic heterocycles. The molecular weight excluding hydrogens is 438 g/mol. The minimum atomic E-state index is -0.261. The number of hydrogen-bond donors (Lipinski definition) is 3. The van der Waals surface area contributed by atoms with E-state index in [-0.39, 0.29) is 17.9 Å². The van der Waals surface area contributed by atoms with Crippen molar-refractivity contribution in [2.75, 3.05) is 0 Å². The van der Waals surface area contributed by atoms with Crippen LogP contribution < -0.4 is 11.0 Å². The number of rotatable bonds is 6. The van der Waals surface area contributed by atoms with Gasteiger partial charge >= 0.3 is 0 Å². The van der Waals surface area contributed by atoms with E-state index < -0.39 is 0 Å². The predicted octanol–water partition coefficient (Wildman–Crippen LogP) is 4.38. The van der Waals surface area contributed by atoms with Crippen molar-refractivity contribution in [1.82, 2.24) is 20.2 Å². The molecule has 7 heteroatoms. The zero-order valence-electron chi connectivity index (χ0n) is 19.5. The number of aryl methyl sites for hydroxylation is 2. The fraction of sp³-hybridized carbons (Fsp3) is 0.107. The van der Waals surface area contributed by atoms with E-state index in [1.807, 2.05) is 98.8 Å². The van der Waals surface area contributed by atoms with Gasteiger partial charge in [0.25, 0.3) is 5.56 Å². The van der Waals surface area contributed by atoms with E-state index in [1.165, 1.54) is 4.68 Å². The maximum Gasteiger partial charge on any atom is 0.281 e. The number of aromatic amines is 2. The van der Waals surface area contributed by atoms with E-state index in [0.717, 1.165) is 33.4 Å². The lowest BCUT2D eigenvalue weighted by atomic mass is 10.0. The summed E-state index contributed by atoms with van der Waals surface area (Å²) >= 11 is 0. The number of nitrogens with zero attached hydrogens (tertiary/aromatic N) is 2. The Balaban J connectivity index is 1.51. The maximum atomic E-state index is 13.4. The molecule has 0 aliphatic rings. The minimum absolute atomic E-state index is 0.168. The third-order valence-corrected chi connectivity index (χ3v) is 6.03.